The summed E-state index contributed by atoms with van der Waals surface area (Å²) in [7, 11) is 0. The third-order valence-corrected chi connectivity index (χ3v) is 2.11. The number of rotatable bonds is 3. The zero-order chi connectivity index (χ0) is 10.6. The van der Waals surface area contributed by atoms with Crippen LogP contribution in [0.15, 0.2) is 24.3 Å². The van der Waals surface area contributed by atoms with Crippen molar-refractivity contribution in [2.45, 2.75) is 34.1 Å². The third kappa shape index (κ3) is 4.31. The molecule has 0 saturated carbocycles. The standard InChI is InChI=1S/C13H20O/c1-11-6-5-7-12(10-11)14-9-8-13(2,3)4/h5-7,10H,8-9H2,1-4H3. The molecule has 0 N–H and O–H groups in total. The van der Waals surface area contributed by atoms with Crippen molar-refractivity contribution in [2.75, 3.05) is 6.61 Å². The molecule has 1 aromatic carbocycles. The minimum absolute atomic E-state index is 0.351. The number of aryl methyl sites for hydroxylation is 1. The molecule has 0 aliphatic rings. The van der Waals surface area contributed by atoms with Crippen molar-refractivity contribution in [2.24, 2.45) is 5.41 Å². The number of hydrogen-bond donors (Lipinski definition) is 0. The van der Waals surface area contributed by atoms with Gasteiger partial charge in [0.25, 0.3) is 0 Å². The smallest absolute Gasteiger partial charge is 0.119 e. The van der Waals surface area contributed by atoms with E-state index in [1.54, 1.807) is 0 Å². The zero-order valence-electron chi connectivity index (χ0n) is 9.63. The van der Waals surface area contributed by atoms with Gasteiger partial charge < -0.3 is 4.74 Å². The Morgan fingerprint density at radius 3 is 2.50 bits per heavy atom. The van der Waals surface area contributed by atoms with E-state index in [0.717, 1.165) is 18.8 Å². The quantitative estimate of drug-likeness (QED) is 0.707. The lowest BCUT2D eigenvalue weighted by atomic mass is 9.93. The molecule has 0 bridgehead atoms. The first-order chi connectivity index (χ1) is 6.47. The maximum atomic E-state index is 5.66. The van der Waals surface area contributed by atoms with E-state index in [2.05, 4.69) is 39.8 Å². The summed E-state index contributed by atoms with van der Waals surface area (Å²) in [6.45, 7) is 9.56. The van der Waals surface area contributed by atoms with E-state index >= 15 is 0 Å². The fraction of sp³-hybridized carbons (Fsp3) is 0.538. The SMILES string of the molecule is Cc1cccc(OCCC(C)(C)C)c1. The Kier molecular flexibility index (Phi) is 3.56. The minimum atomic E-state index is 0.351. The molecule has 1 heteroatoms. The Morgan fingerprint density at radius 1 is 1.21 bits per heavy atom. The van der Waals surface area contributed by atoms with Gasteiger partial charge in [-0.15, -0.1) is 0 Å². The van der Waals surface area contributed by atoms with Gasteiger partial charge in [-0.1, -0.05) is 32.9 Å². The van der Waals surface area contributed by atoms with Crippen LogP contribution in [0.2, 0.25) is 0 Å². The summed E-state index contributed by atoms with van der Waals surface area (Å²) in [5, 5.41) is 0. The molecule has 0 aliphatic carbocycles. The molecule has 0 radical (unpaired) electrons. The summed E-state index contributed by atoms with van der Waals surface area (Å²) in [5.41, 5.74) is 1.60. The maximum absolute atomic E-state index is 5.66. The molecule has 1 rings (SSSR count). The van der Waals surface area contributed by atoms with Crippen LogP contribution in [0.3, 0.4) is 0 Å². The fourth-order valence-corrected chi connectivity index (χ4v) is 1.18. The molecule has 0 aromatic heterocycles. The lowest BCUT2D eigenvalue weighted by Crippen LogP contribution is -2.11. The maximum Gasteiger partial charge on any atom is 0.119 e. The molecular weight excluding hydrogens is 172 g/mol. The van der Waals surface area contributed by atoms with Gasteiger partial charge in [0.1, 0.15) is 5.75 Å². The van der Waals surface area contributed by atoms with Crippen LogP contribution in [0.5, 0.6) is 5.75 Å². The highest BCUT2D eigenvalue weighted by atomic mass is 16.5. The van der Waals surface area contributed by atoms with E-state index in [-0.39, 0.29) is 0 Å². The van der Waals surface area contributed by atoms with Crippen LogP contribution in [0, 0.1) is 12.3 Å². The highest BCUT2D eigenvalue weighted by molar-refractivity contribution is 5.27. The van der Waals surface area contributed by atoms with E-state index in [1.807, 2.05) is 12.1 Å². The molecule has 0 atom stereocenters. The largest absolute Gasteiger partial charge is 0.494 e. The van der Waals surface area contributed by atoms with Gasteiger partial charge in [0.15, 0.2) is 0 Å². The van der Waals surface area contributed by atoms with Crippen LogP contribution in [-0.4, -0.2) is 6.61 Å². The molecule has 0 heterocycles. The fourth-order valence-electron chi connectivity index (χ4n) is 1.18. The number of ether oxygens (including phenoxy) is 1. The highest BCUT2D eigenvalue weighted by Gasteiger charge is 2.09. The molecule has 0 fully saturated rings. The number of benzene rings is 1. The second kappa shape index (κ2) is 4.50. The van der Waals surface area contributed by atoms with Crippen molar-refractivity contribution < 1.29 is 4.74 Å². The molecule has 1 nitrogen and oxygen atoms in total. The van der Waals surface area contributed by atoms with Crippen LogP contribution >= 0.6 is 0 Å². The van der Waals surface area contributed by atoms with Crippen LogP contribution in [0.1, 0.15) is 32.8 Å². The Balaban J connectivity index is 2.39. The summed E-state index contributed by atoms with van der Waals surface area (Å²) in [4.78, 5) is 0. The summed E-state index contributed by atoms with van der Waals surface area (Å²) >= 11 is 0. The monoisotopic (exact) mass is 192 g/mol. The zero-order valence-corrected chi connectivity index (χ0v) is 9.63. The first-order valence-electron chi connectivity index (χ1n) is 5.17. The predicted octanol–water partition coefficient (Wildman–Crippen LogP) is 3.81. The van der Waals surface area contributed by atoms with Gasteiger partial charge in [-0.25, -0.2) is 0 Å². The minimum Gasteiger partial charge on any atom is -0.494 e. The van der Waals surface area contributed by atoms with Crippen molar-refractivity contribution in [3.63, 3.8) is 0 Å². The molecule has 0 aliphatic heterocycles. The van der Waals surface area contributed by atoms with Gasteiger partial charge in [-0.05, 0) is 36.5 Å². The Labute approximate surface area is 87.1 Å². The van der Waals surface area contributed by atoms with Gasteiger partial charge in [0, 0.05) is 0 Å². The Morgan fingerprint density at radius 2 is 1.93 bits per heavy atom. The Bertz CT molecular complexity index is 284. The van der Waals surface area contributed by atoms with Crippen molar-refractivity contribution in [1.29, 1.82) is 0 Å². The lowest BCUT2D eigenvalue weighted by Gasteiger charge is -2.18. The third-order valence-electron chi connectivity index (χ3n) is 2.11. The molecule has 14 heavy (non-hydrogen) atoms. The molecule has 0 spiro atoms. The normalized spacial score (nSPS) is 11.4. The van der Waals surface area contributed by atoms with Crippen molar-refractivity contribution in [1.82, 2.24) is 0 Å². The molecule has 0 amide bonds. The van der Waals surface area contributed by atoms with E-state index in [4.69, 9.17) is 4.74 Å². The van der Waals surface area contributed by atoms with E-state index in [9.17, 15) is 0 Å². The van der Waals surface area contributed by atoms with Gasteiger partial charge in [0.05, 0.1) is 6.61 Å². The van der Waals surface area contributed by atoms with E-state index in [1.165, 1.54) is 5.56 Å². The molecule has 0 saturated heterocycles. The van der Waals surface area contributed by atoms with E-state index < -0.39 is 0 Å². The van der Waals surface area contributed by atoms with Crippen LogP contribution in [-0.2, 0) is 0 Å². The Hall–Kier alpha value is -0.980. The number of hydrogen-bond acceptors (Lipinski definition) is 1. The molecule has 78 valence electrons. The highest BCUT2D eigenvalue weighted by Crippen LogP contribution is 2.19. The van der Waals surface area contributed by atoms with Gasteiger partial charge in [-0.3, -0.25) is 0 Å². The first-order valence-corrected chi connectivity index (χ1v) is 5.17. The van der Waals surface area contributed by atoms with Crippen molar-refractivity contribution >= 4 is 0 Å². The second-order valence-corrected chi connectivity index (χ2v) is 4.98. The summed E-state index contributed by atoms with van der Waals surface area (Å²) < 4.78 is 5.66. The average molecular weight is 192 g/mol. The van der Waals surface area contributed by atoms with Gasteiger partial charge in [0.2, 0.25) is 0 Å². The lowest BCUT2D eigenvalue weighted by molar-refractivity contribution is 0.243. The molecular formula is C13H20O. The molecule has 1 aromatic rings. The first kappa shape index (κ1) is 11.1. The van der Waals surface area contributed by atoms with Gasteiger partial charge in [-0.2, -0.15) is 0 Å². The van der Waals surface area contributed by atoms with Gasteiger partial charge >= 0.3 is 0 Å². The van der Waals surface area contributed by atoms with E-state index in [0.29, 0.717) is 5.41 Å². The van der Waals surface area contributed by atoms with Crippen LogP contribution in [0.25, 0.3) is 0 Å². The second-order valence-electron chi connectivity index (χ2n) is 4.98. The summed E-state index contributed by atoms with van der Waals surface area (Å²) in [5.74, 6) is 0.981. The summed E-state index contributed by atoms with van der Waals surface area (Å²) in [6, 6.07) is 8.19. The topological polar surface area (TPSA) is 9.23 Å². The predicted molar refractivity (Wildman–Crippen MR) is 60.7 cm³/mol. The van der Waals surface area contributed by atoms with Crippen LogP contribution in [0.4, 0.5) is 0 Å². The average Bonchev–Trinajstić information content (AvgIpc) is 2.01. The molecule has 0 unspecified atom stereocenters. The van der Waals surface area contributed by atoms with Crippen LogP contribution < -0.4 is 4.74 Å². The van der Waals surface area contributed by atoms with Crippen molar-refractivity contribution in [3.05, 3.63) is 29.8 Å². The summed E-state index contributed by atoms with van der Waals surface area (Å²) in [6.07, 6.45) is 1.08. The van der Waals surface area contributed by atoms with Crippen molar-refractivity contribution in [3.8, 4) is 5.75 Å².